The third kappa shape index (κ3) is 17.1. The smallest absolute Gasteiger partial charge is 0.305 e. The molecule has 0 saturated heterocycles. The lowest BCUT2D eigenvalue weighted by molar-refractivity contribution is 0.102. The predicted octanol–water partition coefficient (Wildman–Crippen LogP) is 4.14. The molecule has 15 rings (SSSR count). The van der Waals surface area contributed by atoms with E-state index in [2.05, 4.69) is 65.5 Å². The number of nitrogens with one attached hydrogen (secondary N) is 7. The molecule has 0 bridgehead atoms. The molecule has 0 unspecified atom stereocenters. The van der Waals surface area contributed by atoms with Gasteiger partial charge in [-0.2, -0.15) is 63.9 Å². The highest BCUT2D eigenvalue weighted by atomic mass is 32.2. The first-order chi connectivity index (χ1) is 59.7. The van der Waals surface area contributed by atoms with Crippen LogP contribution < -0.4 is 60.3 Å². The molecule has 2 aliphatic carbocycles. The molecule has 2 aliphatic rings. The van der Waals surface area contributed by atoms with Crippen molar-refractivity contribution in [3.8, 4) is 34.0 Å². The van der Waals surface area contributed by atoms with Crippen LogP contribution in [-0.2, 0) is 84.9 Å². The van der Waals surface area contributed by atoms with Gasteiger partial charge < -0.3 is 30.2 Å². The molecule has 0 fully saturated rings. The molecule has 652 valence electrons. The van der Waals surface area contributed by atoms with Gasteiger partial charge in [0.1, 0.15) is 25.3 Å². The summed E-state index contributed by atoms with van der Waals surface area (Å²) in [6, 6.07) is 29.7. The summed E-state index contributed by atoms with van der Waals surface area (Å²) >= 11 is 0. The van der Waals surface area contributed by atoms with Gasteiger partial charge in [-0.1, -0.05) is 72.8 Å². The third-order valence-corrected chi connectivity index (χ3v) is 25.8. The normalized spacial score (nSPS) is 13.8. The van der Waals surface area contributed by atoms with E-state index in [1.54, 1.807) is 0 Å². The number of rotatable bonds is 24. The predicted molar refractivity (Wildman–Crippen MR) is 444 cm³/mol. The van der Waals surface area contributed by atoms with Gasteiger partial charge in [-0.25, -0.2) is 15.0 Å². The van der Waals surface area contributed by atoms with Crippen LogP contribution in [0.15, 0.2) is 239 Å². The maximum absolute atomic E-state index is 15.0. The zero-order chi connectivity index (χ0) is 91.4. The Morgan fingerprint density at radius 2 is 0.795 bits per heavy atom. The fourth-order valence-electron chi connectivity index (χ4n) is 14.2. The second-order valence-corrected chi connectivity index (χ2v) is 37.5. The lowest BCUT2D eigenvalue weighted by Crippen LogP contribution is -2.37. The molecule has 44 nitrogen and oxygen atoms in total. The molecule has 13 aromatic rings. The molecule has 127 heavy (non-hydrogen) atoms. The fourth-order valence-corrected chi connectivity index (χ4v) is 18.5. The van der Waals surface area contributed by atoms with Gasteiger partial charge >= 0.3 is 6.01 Å². The van der Waals surface area contributed by atoms with Gasteiger partial charge in [-0.05, 0) is 108 Å². The van der Waals surface area contributed by atoms with Crippen LogP contribution in [0.3, 0.4) is 0 Å². The number of nitrogens with zero attached hydrogens (tertiary/aromatic N) is 8. The summed E-state index contributed by atoms with van der Waals surface area (Å²) in [5.74, 6) is -4.00. The van der Waals surface area contributed by atoms with E-state index in [4.69, 9.17) is 10.5 Å². The van der Waals surface area contributed by atoms with Crippen LogP contribution in [0.25, 0.3) is 44.1 Å². The van der Waals surface area contributed by atoms with Gasteiger partial charge in [0.2, 0.25) is 28.1 Å². The first-order valence-electron chi connectivity index (χ1n) is 36.1. The van der Waals surface area contributed by atoms with E-state index in [0.29, 0.717) is 18.2 Å². The minimum atomic E-state index is -5.67. The number of aryl methyl sites for hydroxylation is 2. The van der Waals surface area contributed by atoms with Crippen molar-refractivity contribution in [3.05, 3.63) is 263 Å². The number of pyridine rings is 2. The Morgan fingerprint density at radius 1 is 0.402 bits per heavy atom. The van der Waals surface area contributed by atoms with E-state index in [0.717, 1.165) is 75.9 Å². The number of hydrogen-bond acceptors (Lipinski definition) is 30. The molecule has 4 heterocycles. The summed E-state index contributed by atoms with van der Waals surface area (Å²) < 4.78 is 261. The van der Waals surface area contributed by atoms with Crippen LogP contribution in [0.4, 0.5) is 34.1 Å². The Hall–Kier alpha value is -14.2. The molecule has 51 heteroatoms. The molecule has 9 aromatic carbocycles. The number of ether oxygens (including phenoxy) is 1. The highest BCUT2D eigenvalue weighted by Gasteiger charge is 2.39. The van der Waals surface area contributed by atoms with Crippen molar-refractivity contribution >= 4 is 150 Å². The van der Waals surface area contributed by atoms with E-state index in [9.17, 15) is 115 Å². The molecule has 0 spiro atoms. The minimum Gasteiger partial charge on any atom is -0.426 e. The Bertz CT molecular complexity index is 8540. The number of benzene rings is 9. The Balaban J connectivity index is 0.840. The molecule has 0 amide bonds. The zero-order valence-electron chi connectivity index (χ0n) is 64.2. The second kappa shape index (κ2) is 32.4. The molecule has 0 aliphatic heterocycles. The maximum Gasteiger partial charge on any atom is 0.305 e. The van der Waals surface area contributed by atoms with Crippen molar-refractivity contribution in [3.63, 3.8) is 0 Å². The SMILES string of the molecule is Cn1c(=O)c(C(=O)c2cccc(S(=O)(=O)O)c2)c2c3c(c(Nc4cc(N=c5[nH]c(Oc6ccc(S(=O)(=O)O)cc6)nc(=NCCN=c6[nH]c(=NCCN)[nH]c(=Nc7cc(Nc8ccc9c%10c8C(=O)c8ccccc8-c%10c(C(=O)c8cccc(S(=O)(=O)O)c8)c(=O)n9C)c(S(=O)(=O)O)cc7S(=O)(=O)O)[nH]6)[nH]5)c(S(=O)(=O)O)cc4S(=O)(=O)O)ccc31)C(=O)c1ccccc1-2. The monoisotopic (exact) mass is 1870 g/mol. The van der Waals surface area contributed by atoms with Crippen LogP contribution in [0.1, 0.15) is 63.7 Å². The largest absolute Gasteiger partial charge is 0.426 e. The van der Waals surface area contributed by atoms with E-state index in [-0.39, 0.29) is 119 Å². The Kier molecular flexibility index (Phi) is 22.4. The van der Waals surface area contributed by atoms with Crippen molar-refractivity contribution in [2.24, 2.45) is 44.8 Å². The lowest BCUT2D eigenvalue weighted by Gasteiger charge is -2.26. The van der Waals surface area contributed by atoms with Gasteiger partial charge in [0, 0.05) is 64.8 Å². The molecule has 0 atom stereocenters. The zero-order valence-corrected chi connectivity index (χ0v) is 69.9. The maximum atomic E-state index is 15.0. The van der Waals surface area contributed by atoms with E-state index in [1.165, 1.54) is 93.0 Å². The van der Waals surface area contributed by atoms with Gasteiger partial charge in [0.05, 0.1) is 102 Å². The van der Waals surface area contributed by atoms with E-state index < -0.39 is 215 Å². The summed E-state index contributed by atoms with van der Waals surface area (Å²) in [7, 11) is -34.6. The number of fused-ring (bicyclic) bond motifs is 4. The first-order valence-corrected chi connectivity index (χ1v) is 46.2. The van der Waals surface area contributed by atoms with Gasteiger partial charge in [-0.3, -0.25) is 95.5 Å². The van der Waals surface area contributed by atoms with Crippen molar-refractivity contribution in [2.75, 3.05) is 36.8 Å². The third-order valence-electron chi connectivity index (χ3n) is 19.7. The van der Waals surface area contributed by atoms with Crippen LogP contribution in [-0.4, -0.2) is 179 Å². The average molecular weight is 1870 g/mol. The van der Waals surface area contributed by atoms with Gasteiger partial charge in [0.25, 0.3) is 81.9 Å². The molecular formula is C76H58N16O28S7. The standard InChI is InChI=1S/C76H58N16O28S7/c1-91-51-23-21-45(59-61(51)57(41-13-3-5-15-43(41)67(59)95)63(69(91)97)65(93)35-9-7-11-39(29-35)122(102,103)104)81-47-31-49(55(126(114,115)116)33-53(47)124(108,109)110)83-74-86-71(78-26-25-77)85-72(87-74)79-27-28-80-73-88-75(90-76(89-73)120-37-17-19-38(20-18-37)121(99,100)101)84-50-32-48(54(125(111,112)113)34-56(50)127(117,118)119)82-46-22-24-52-62-58(42-14-4-6-16-44(42)68(96)60(46)62)64(70(98)92(52)2)66(94)36-10-8-12-40(30-36)123(105,106)107/h3-24,29-34,81-82H,25-28,77H2,1-2H3,(H,99,100,101)(H,102,103,104)(H,105,106,107)(H,108,109,110)(H,111,112,113)(H,114,115,116)(H,117,118,119)(H2,80,84,88,89,90)(H3,78,79,83,85,86,87). The number of hydrogen-bond donors (Lipinski definition) is 15. The lowest BCUT2D eigenvalue weighted by atomic mass is 9.80. The van der Waals surface area contributed by atoms with Crippen LogP contribution in [0, 0.1) is 0 Å². The minimum absolute atomic E-state index is 0.00879. The molecule has 4 aromatic heterocycles. The Labute approximate surface area is 712 Å². The number of aromatic nitrogens is 8. The Morgan fingerprint density at radius 3 is 1.20 bits per heavy atom. The van der Waals surface area contributed by atoms with Crippen molar-refractivity contribution < 1.29 is 115 Å². The van der Waals surface area contributed by atoms with Crippen molar-refractivity contribution in [2.45, 2.75) is 34.3 Å². The van der Waals surface area contributed by atoms with Crippen LogP contribution in [0.5, 0.6) is 11.8 Å². The van der Waals surface area contributed by atoms with E-state index in [1.807, 2.05) is 0 Å². The topological polar surface area (TPSA) is 706 Å². The quantitative estimate of drug-likeness (QED) is 0.0229. The summed E-state index contributed by atoms with van der Waals surface area (Å²) in [6.07, 6.45) is 0. The van der Waals surface area contributed by atoms with Gasteiger partial charge in [-0.15, -0.1) is 0 Å². The number of anilines is 4. The van der Waals surface area contributed by atoms with Crippen LogP contribution >= 0.6 is 0 Å². The van der Waals surface area contributed by atoms with Crippen molar-refractivity contribution in [1.29, 1.82) is 0 Å². The highest BCUT2D eigenvalue weighted by Crippen LogP contribution is 2.48. The van der Waals surface area contributed by atoms with Gasteiger partial charge in [0.15, 0.2) is 23.1 Å². The summed E-state index contributed by atoms with van der Waals surface area (Å²) in [6.45, 7) is -1.13. The number of carbonyl (C=O) groups excluding carboxylic acids is 4. The average Bonchev–Trinajstić information content (AvgIpc) is 0.707. The number of nitrogens with two attached hydrogens (primary N) is 1. The molecular weight excluding hydrogens is 1810 g/mol. The molecule has 0 saturated carbocycles. The summed E-state index contributed by atoms with van der Waals surface area (Å²) in [4.78, 5) is 121. The molecule has 16 N–H and O–H groups in total. The summed E-state index contributed by atoms with van der Waals surface area (Å²) in [5.41, 5.74) is -5.50. The highest BCUT2D eigenvalue weighted by molar-refractivity contribution is 7.88. The number of carbonyl (C=O) groups is 4. The van der Waals surface area contributed by atoms with Crippen molar-refractivity contribution in [1.82, 2.24) is 39.0 Å². The van der Waals surface area contributed by atoms with Crippen LogP contribution in [0.2, 0.25) is 0 Å². The first kappa shape index (κ1) is 87.7. The number of aromatic amines is 5. The fraction of sp³-hybridized carbons (Fsp3) is 0.0789. The molecule has 0 radical (unpaired) electrons. The number of ketones is 4. The second-order valence-electron chi connectivity index (χ2n) is 27.7. The van der Waals surface area contributed by atoms with E-state index >= 15 is 4.79 Å². The summed E-state index contributed by atoms with van der Waals surface area (Å²) in [5, 5.41) is 5.22. The number of H-pyrrole nitrogens is 5.